The van der Waals surface area contributed by atoms with Crippen LogP contribution in [0, 0.1) is 5.82 Å². The quantitative estimate of drug-likeness (QED) is 0.460. The van der Waals surface area contributed by atoms with Gasteiger partial charge in [0, 0.05) is 24.2 Å². The first kappa shape index (κ1) is 21.6. The van der Waals surface area contributed by atoms with Gasteiger partial charge in [-0.25, -0.2) is 14.4 Å². The van der Waals surface area contributed by atoms with Crippen LogP contribution in [-0.2, 0) is 12.6 Å². The summed E-state index contributed by atoms with van der Waals surface area (Å²) in [7, 11) is 0. The highest BCUT2D eigenvalue weighted by Crippen LogP contribution is 2.35. The van der Waals surface area contributed by atoms with E-state index in [1.165, 1.54) is 18.6 Å². The Hall–Kier alpha value is -3.62. The predicted octanol–water partition coefficient (Wildman–Crippen LogP) is 4.69. The van der Waals surface area contributed by atoms with Crippen molar-refractivity contribution in [2.45, 2.75) is 24.9 Å². The molecular formula is C23H18F4N4O. The number of alkyl halides is 3. The maximum atomic E-state index is 14.0. The largest absolute Gasteiger partial charge is 0.416 e. The number of hydrogen-bond acceptors (Lipinski definition) is 4. The second-order valence-electron chi connectivity index (χ2n) is 7.37. The predicted molar refractivity (Wildman–Crippen MR) is 109 cm³/mol. The fraction of sp³-hybridized carbons (Fsp3) is 0.217. The van der Waals surface area contributed by atoms with Crippen LogP contribution in [-0.4, -0.2) is 27.4 Å². The van der Waals surface area contributed by atoms with Gasteiger partial charge in [-0.3, -0.25) is 9.78 Å². The molecule has 3 aromatic rings. The molecule has 0 fully saturated rings. The van der Waals surface area contributed by atoms with Crippen molar-refractivity contribution < 1.29 is 22.4 Å². The molecular weight excluding hydrogens is 424 g/mol. The molecule has 1 atom stereocenters. The number of nitrogens with zero attached hydrogens (tertiary/aromatic N) is 3. The Kier molecular flexibility index (Phi) is 5.73. The van der Waals surface area contributed by atoms with Crippen molar-refractivity contribution in [1.29, 1.82) is 0 Å². The lowest BCUT2D eigenvalue weighted by Gasteiger charge is -2.20. The molecule has 1 unspecified atom stereocenters. The summed E-state index contributed by atoms with van der Waals surface area (Å²) < 4.78 is 53.7. The van der Waals surface area contributed by atoms with Crippen LogP contribution in [0.3, 0.4) is 0 Å². The number of pyridine rings is 1. The van der Waals surface area contributed by atoms with Crippen LogP contribution in [0.1, 0.15) is 45.1 Å². The Morgan fingerprint density at radius 1 is 1.16 bits per heavy atom. The summed E-state index contributed by atoms with van der Waals surface area (Å²) in [5.41, 5.74) is 1.64. The third-order valence-electron chi connectivity index (χ3n) is 5.30. The van der Waals surface area contributed by atoms with Gasteiger partial charge < -0.3 is 5.32 Å². The van der Waals surface area contributed by atoms with E-state index in [9.17, 15) is 22.4 Å². The number of fused-ring (bicyclic) bond motifs is 1. The molecule has 1 amide bonds. The van der Waals surface area contributed by atoms with E-state index in [-0.39, 0.29) is 17.9 Å². The summed E-state index contributed by atoms with van der Waals surface area (Å²) >= 11 is 0. The summed E-state index contributed by atoms with van der Waals surface area (Å²) in [6, 6.07) is 5.69. The molecule has 0 saturated carbocycles. The Balaban J connectivity index is 1.80. The number of carbonyl (C=O) groups excluding carboxylic acids is 1. The molecule has 0 radical (unpaired) electrons. The number of carbonyl (C=O) groups is 1. The number of benzene rings is 1. The van der Waals surface area contributed by atoms with Crippen LogP contribution in [0.15, 0.2) is 55.5 Å². The molecule has 1 aliphatic rings. The fourth-order valence-corrected chi connectivity index (χ4v) is 3.84. The first-order valence-corrected chi connectivity index (χ1v) is 9.85. The third-order valence-corrected chi connectivity index (χ3v) is 5.30. The lowest BCUT2D eigenvalue weighted by atomic mass is 9.90. The van der Waals surface area contributed by atoms with Crippen molar-refractivity contribution in [3.8, 4) is 11.4 Å². The number of halogens is 4. The van der Waals surface area contributed by atoms with Gasteiger partial charge in [0.2, 0.25) is 0 Å². The number of amides is 1. The van der Waals surface area contributed by atoms with Gasteiger partial charge in [-0.05, 0) is 54.3 Å². The number of allylic oxidation sites excluding steroid dienone is 1. The first-order chi connectivity index (χ1) is 15.3. The fourth-order valence-electron chi connectivity index (χ4n) is 3.84. The van der Waals surface area contributed by atoms with Crippen LogP contribution in [0.25, 0.3) is 11.4 Å². The Morgan fingerprint density at radius 2 is 1.97 bits per heavy atom. The zero-order valence-electron chi connectivity index (χ0n) is 16.8. The SMILES string of the molecule is C=CCC(c1cc(F)cc(C(F)(F)F)c1)c1cc(-c2nccc3c2CCNC3=O)ncn1. The molecule has 5 nitrogen and oxygen atoms in total. The van der Waals surface area contributed by atoms with E-state index in [0.29, 0.717) is 41.7 Å². The van der Waals surface area contributed by atoms with Gasteiger partial charge in [0.15, 0.2) is 0 Å². The zero-order valence-corrected chi connectivity index (χ0v) is 16.8. The van der Waals surface area contributed by atoms with Crippen molar-refractivity contribution in [2.24, 2.45) is 0 Å². The summed E-state index contributed by atoms with van der Waals surface area (Å²) in [5.74, 6) is -1.86. The monoisotopic (exact) mass is 442 g/mol. The average molecular weight is 442 g/mol. The molecule has 0 aliphatic carbocycles. The number of rotatable bonds is 5. The summed E-state index contributed by atoms with van der Waals surface area (Å²) in [4.78, 5) is 25.0. The van der Waals surface area contributed by atoms with Crippen molar-refractivity contribution in [1.82, 2.24) is 20.3 Å². The molecule has 32 heavy (non-hydrogen) atoms. The van der Waals surface area contributed by atoms with Crippen LogP contribution < -0.4 is 5.32 Å². The minimum absolute atomic E-state index is 0.129. The molecule has 1 aliphatic heterocycles. The van der Waals surface area contributed by atoms with Crippen molar-refractivity contribution in [3.05, 3.63) is 89.3 Å². The number of aromatic nitrogens is 3. The van der Waals surface area contributed by atoms with Crippen molar-refractivity contribution >= 4 is 5.91 Å². The first-order valence-electron chi connectivity index (χ1n) is 9.85. The molecule has 0 spiro atoms. The van der Waals surface area contributed by atoms with E-state index in [1.54, 1.807) is 12.1 Å². The minimum atomic E-state index is -4.68. The van der Waals surface area contributed by atoms with Gasteiger partial charge in [0.1, 0.15) is 12.1 Å². The Bertz CT molecular complexity index is 1190. The Morgan fingerprint density at radius 3 is 2.72 bits per heavy atom. The van der Waals surface area contributed by atoms with Gasteiger partial charge >= 0.3 is 6.18 Å². The summed E-state index contributed by atoms with van der Waals surface area (Å²) in [6.45, 7) is 4.14. The molecule has 164 valence electrons. The standard InChI is InChI=1S/C23H18F4N4O/c1-2-3-16(13-8-14(23(25,26)27)10-15(24)9-13)19-11-20(31-12-30-19)21-17-4-7-29-22(32)18(17)5-6-28-21/h2,5-6,8-12,16H,1,3-4,7H2,(H,29,32). The maximum absolute atomic E-state index is 14.0. The van der Waals surface area contributed by atoms with Gasteiger partial charge in [-0.2, -0.15) is 13.2 Å². The van der Waals surface area contributed by atoms with Crippen LogP contribution >= 0.6 is 0 Å². The summed E-state index contributed by atoms with van der Waals surface area (Å²) in [6.07, 6.45) is 0.453. The Labute approximate surface area is 181 Å². The molecule has 0 bridgehead atoms. The van der Waals surface area contributed by atoms with Crippen molar-refractivity contribution in [3.63, 3.8) is 0 Å². The average Bonchev–Trinajstić information content (AvgIpc) is 2.76. The molecule has 3 heterocycles. The molecule has 4 rings (SSSR count). The van der Waals surface area contributed by atoms with E-state index in [0.717, 1.165) is 17.7 Å². The van der Waals surface area contributed by atoms with E-state index < -0.39 is 23.5 Å². The van der Waals surface area contributed by atoms with Gasteiger partial charge in [-0.1, -0.05) is 6.08 Å². The second kappa shape index (κ2) is 8.49. The lowest BCUT2D eigenvalue weighted by Crippen LogP contribution is -2.32. The number of hydrogen-bond donors (Lipinski definition) is 1. The summed E-state index contributed by atoms with van der Waals surface area (Å²) in [5, 5.41) is 2.77. The highest BCUT2D eigenvalue weighted by Gasteiger charge is 2.32. The van der Waals surface area contributed by atoms with E-state index in [2.05, 4.69) is 26.8 Å². The van der Waals surface area contributed by atoms with Crippen molar-refractivity contribution in [2.75, 3.05) is 6.54 Å². The lowest BCUT2D eigenvalue weighted by molar-refractivity contribution is -0.137. The van der Waals surface area contributed by atoms with Gasteiger partial charge in [-0.15, -0.1) is 6.58 Å². The normalized spacial score (nSPS) is 14.4. The van der Waals surface area contributed by atoms with Crippen LogP contribution in [0.2, 0.25) is 0 Å². The third kappa shape index (κ3) is 4.23. The maximum Gasteiger partial charge on any atom is 0.416 e. The molecule has 0 saturated heterocycles. The highest BCUT2D eigenvalue weighted by atomic mass is 19.4. The molecule has 9 heteroatoms. The van der Waals surface area contributed by atoms with Gasteiger partial charge in [0.25, 0.3) is 5.91 Å². The smallest absolute Gasteiger partial charge is 0.352 e. The molecule has 2 aromatic heterocycles. The topological polar surface area (TPSA) is 67.8 Å². The van der Waals surface area contributed by atoms with E-state index in [1.807, 2.05) is 0 Å². The molecule has 1 aromatic carbocycles. The number of nitrogens with one attached hydrogen (secondary N) is 1. The minimum Gasteiger partial charge on any atom is -0.352 e. The van der Waals surface area contributed by atoms with E-state index >= 15 is 0 Å². The van der Waals surface area contributed by atoms with Gasteiger partial charge in [0.05, 0.1) is 22.6 Å². The van der Waals surface area contributed by atoms with E-state index in [4.69, 9.17) is 0 Å². The second-order valence-corrected chi connectivity index (χ2v) is 7.37. The highest BCUT2D eigenvalue weighted by molar-refractivity contribution is 5.98. The van der Waals surface area contributed by atoms with Crippen LogP contribution in [0.5, 0.6) is 0 Å². The van der Waals surface area contributed by atoms with Crippen LogP contribution in [0.4, 0.5) is 17.6 Å². The molecule has 1 N–H and O–H groups in total. The zero-order chi connectivity index (χ0) is 22.9.